The number of hydrogen-bond acceptors (Lipinski definition) is 4. The van der Waals surface area contributed by atoms with Crippen LogP contribution in [0.3, 0.4) is 0 Å². The highest BCUT2D eigenvalue weighted by Crippen LogP contribution is 2.26. The summed E-state index contributed by atoms with van der Waals surface area (Å²) in [6.07, 6.45) is 2.38. The predicted octanol–water partition coefficient (Wildman–Crippen LogP) is 2.57. The van der Waals surface area contributed by atoms with Gasteiger partial charge in [-0.2, -0.15) is 4.31 Å². The molecule has 3 rings (SSSR count). The molecule has 1 fully saturated rings. The van der Waals surface area contributed by atoms with Gasteiger partial charge in [-0.3, -0.25) is 4.79 Å². The molecule has 6 nitrogen and oxygen atoms in total. The van der Waals surface area contributed by atoms with Crippen LogP contribution in [0.5, 0.6) is 0 Å². The molecule has 2 heterocycles. The Labute approximate surface area is 152 Å². The zero-order chi connectivity index (χ0) is 18.7. The van der Waals surface area contributed by atoms with E-state index in [9.17, 15) is 17.6 Å². The van der Waals surface area contributed by atoms with Gasteiger partial charge in [0, 0.05) is 25.2 Å². The summed E-state index contributed by atoms with van der Waals surface area (Å²) in [5, 5.41) is 2.77. The Morgan fingerprint density at radius 1 is 1.23 bits per heavy atom. The number of nitrogens with one attached hydrogen (secondary N) is 1. The van der Waals surface area contributed by atoms with Crippen LogP contribution in [-0.2, 0) is 14.8 Å². The summed E-state index contributed by atoms with van der Waals surface area (Å²) < 4.78 is 40.3. The fraction of sp³-hybridized carbons (Fsp3) is 0.333. The standard InChI is InChI=1S/C18H20FN3O3S/c1-13-6-9-20-17(12-13)21-18(23)14-7-10-22(11-8-14)26(24,25)16-5-3-2-4-15(16)19/h2-6,9,12,14H,7-8,10-11H2,1H3,(H,20,21,23). The smallest absolute Gasteiger partial charge is 0.245 e. The summed E-state index contributed by atoms with van der Waals surface area (Å²) in [6.45, 7) is 2.26. The topological polar surface area (TPSA) is 79.4 Å². The lowest BCUT2D eigenvalue weighted by Gasteiger charge is -2.30. The molecule has 8 heteroatoms. The summed E-state index contributed by atoms with van der Waals surface area (Å²) >= 11 is 0. The van der Waals surface area contributed by atoms with Crippen molar-refractivity contribution in [3.8, 4) is 0 Å². The van der Waals surface area contributed by atoms with Gasteiger partial charge in [0.15, 0.2) is 0 Å². The van der Waals surface area contributed by atoms with Gasteiger partial charge in [0.05, 0.1) is 0 Å². The second-order valence-electron chi connectivity index (χ2n) is 6.32. The number of rotatable bonds is 4. The van der Waals surface area contributed by atoms with Gasteiger partial charge in [-0.1, -0.05) is 12.1 Å². The van der Waals surface area contributed by atoms with Crippen molar-refractivity contribution in [2.45, 2.75) is 24.7 Å². The van der Waals surface area contributed by atoms with Gasteiger partial charge >= 0.3 is 0 Å². The fourth-order valence-electron chi connectivity index (χ4n) is 2.98. The second kappa shape index (κ2) is 7.51. The van der Waals surface area contributed by atoms with E-state index in [1.807, 2.05) is 13.0 Å². The molecule has 0 bridgehead atoms. The molecule has 1 amide bonds. The van der Waals surface area contributed by atoms with Crippen LogP contribution in [0.2, 0.25) is 0 Å². The summed E-state index contributed by atoms with van der Waals surface area (Å²) in [7, 11) is -3.89. The van der Waals surface area contributed by atoms with Gasteiger partial charge in [0.1, 0.15) is 16.5 Å². The number of amides is 1. The molecule has 2 aromatic rings. The number of carbonyl (C=O) groups excluding carboxylic acids is 1. The molecule has 0 unspecified atom stereocenters. The molecule has 1 N–H and O–H groups in total. The van der Waals surface area contributed by atoms with Gasteiger partial charge < -0.3 is 5.32 Å². The Hall–Kier alpha value is -2.32. The van der Waals surface area contributed by atoms with Crippen LogP contribution in [0.15, 0.2) is 47.5 Å². The Morgan fingerprint density at radius 2 is 1.92 bits per heavy atom. The molecule has 0 saturated carbocycles. The van der Waals surface area contributed by atoms with E-state index in [-0.39, 0.29) is 29.8 Å². The van der Waals surface area contributed by atoms with E-state index in [1.165, 1.54) is 22.5 Å². The summed E-state index contributed by atoms with van der Waals surface area (Å²) in [5.74, 6) is -0.760. The molecule has 1 aromatic carbocycles. The van der Waals surface area contributed by atoms with E-state index < -0.39 is 15.8 Å². The van der Waals surface area contributed by atoms with Crippen LogP contribution in [0.1, 0.15) is 18.4 Å². The number of carbonyl (C=O) groups is 1. The molecule has 0 aliphatic carbocycles. The average Bonchev–Trinajstić information content (AvgIpc) is 2.62. The third-order valence-electron chi connectivity index (χ3n) is 4.45. The first-order chi connectivity index (χ1) is 12.4. The maximum absolute atomic E-state index is 13.8. The Morgan fingerprint density at radius 3 is 2.58 bits per heavy atom. The number of benzene rings is 1. The first-order valence-electron chi connectivity index (χ1n) is 8.36. The van der Waals surface area contributed by atoms with E-state index in [4.69, 9.17) is 0 Å². The number of hydrogen-bond donors (Lipinski definition) is 1. The van der Waals surface area contributed by atoms with E-state index in [1.54, 1.807) is 12.3 Å². The molecular weight excluding hydrogens is 357 g/mol. The Balaban J connectivity index is 1.64. The predicted molar refractivity (Wildman–Crippen MR) is 95.5 cm³/mol. The van der Waals surface area contributed by atoms with Gasteiger partial charge in [-0.05, 0) is 49.6 Å². The third-order valence-corrected chi connectivity index (χ3v) is 6.38. The van der Waals surface area contributed by atoms with E-state index >= 15 is 0 Å². The van der Waals surface area contributed by atoms with Crippen molar-refractivity contribution in [1.82, 2.24) is 9.29 Å². The fourth-order valence-corrected chi connectivity index (χ4v) is 4.52. The number of nitrogens with zero attached hydrogens (tertiary/aromatic N) is 2. The molecule has 1 saturated heterocycles. The highest BCUT2D eigenvalue weighted by molar-refractivity contribution is 7.89. The molecule has 1 aromatic heterocycles. The molecule has 26 heavy (non-hydrogen) atoms. The maximum atomic E-state index is 13.8. The van der Waals surface area contributed by atoms with Crippen LogP contribution >= 0.6 is 0 Å². The summed E-state index contributed by atoms with van der Waals surface area (Å²) in [5.41, 5.74) is 0.987. The van der Waals surface area contributed by atoms with Crippen molar-refractivity contribution in [2.75, 3.05) is 18.4 Å². The number of pyridine rings is 1. The number of aryl methyl sites for hydroxylation is 1. The van der Waals surface area contributed by atoms with E-state index in [2.05, 4.69) is 10.3 Å². The highest BCUT2D eigenvalue weighted by Gasteiger charge is 2.33. The SMILES string of the molecule is Cc1ccnc(NC(=O)C2CCN(S(=O)(=O)c3ccccc3F)CC2)c1. The number of sulfonamides is 1. The van der Waals surface area contributed by atoms with Gasteiger partial charge in [0.25, 0.3) is 0 Å². The Bertz CT molecular complexity index is 909. The minimum Gasteiger partial charge on any atom is -0.310 e. The Kier molecular flexibility index (Phi) is 5.33. The first kappa shape index (κ1) is 18.5. The molecule has 1 aliphatic rings. The lowest BCUT2D eigenvalue weighted by molar-refractivity contribution is -0.120. The van der Waals surface area contributed by atoms with Crippen LogP contribution in [0, 0.1) is 18.7 Å². The molecule has 0 spiro atoms. The van der Waals surface area contributed by atoms with Gasteiger partial charge in [0.2, 0.25) is 15.9 Å². The lowest BCUT2D eigenvalue weighted by atomic mass is 9.97. The zero-order valence-electron chi connectivity index (χ0n) is 14.4. The van der Waals surface area contributed by atoms with Crippen molar-refractivity contribution in [1.29, 1.82) is 0 Å². The zero-order valence-corrected chi connectivity index (χ0v) is 15.2. The molecular formula is C18H20FN3O3S. The number of piperidine rings is 1. The van der Waals surface area contributed by atoms with Crippen molar-refractivity contribution < 1.29 is 17.6 Å². The minimum atomic E-state index is -3.89. The first-order valence-corrected chi connectivity index (χ1v) is 9.80. The van der Waals surface area contributed by atoms with Gasteiger partial charge in [-0.15, -0.1) is 0 Å². The summed E-state index contributed by atoms with van der Waals surface area (Å²) in [4.78, 5) is 16.2. The second-order valence-corrected chi connectivity index (χ2v) is 8.22. The van der Waals surface area contributed by atoms with Crippen molar-refractivity contribution >= 4 is 21.7 Å². The normalized spacial score (nSPS) is 16.4. The molecule has 1 aliphatic heterocycles. The van der Waals surface area contributed by atoms with Crippen LogP contribution in [0.4, 0.5) is 10.2 Å². The maximum Gasteiger partial charge on any atom is 0.245 e. The minimum absolute atomic E-state index is 0.175. The van der Waals surface area contributed by atoms with Crippen molar-refractivity contribution in [3.63, 3.8) is 0 Å². The number of aromatic nitrogens is 1. The molecule has 0 atom stereocenters. The lowest BCUT2D eigenvalue weighted by Crippen LogP contribution is -2.41. The van der Waals surface area contributed by atoms with Crippen LogP contribution in [0.25, 0.3) is 0 Å². The number of halogens is 1. The summed E-state index contributed by atoms with van der Waals surface area (Å²) in [6, 6.07) is 8.93. The van der Waals surface area contributed by atoms with Crippen molar-refractivity contribution in [3.05, 3.63) is 54.0 Å². The highest BCUT2D eigenvalue weighted by atomic mass is 32.2. The monoisotopic (exact) mass is 377 g/mol. The quantitative estimate of drug-likeness (QED) is 0.888. The van der Waals surface area contributed by atoms with Crippen molar-refractivity contribution in [2.24, 2.45) is 5.92 Å². The largest absolute Gasteiger partial charge is 0.310 e. The molecule has 0 radical (unpaired) electrons. The molecule has 138 valence electrons. The van der Waals surface area contributed by atoms with Crippen LogP contribution in [-0.4, -0.2) is 36.7 Å². The average molecular weight is 377 g/mol. The van der Waals surface area contributed by atoms with Crippen LogP contribution < -0.4 is 5.32 Å². The van der Waals surface area contributed by atoms with Gasteiger partial charge in [-0.25, -0.2) is 17.8 Å². The van der Waals surface area contributed by atoms with E-state index in [0.717, 1.165) is 11.6 Å². The van der Waals surface area contributed by atoms with E-state index in [0.29, 0.717) is 18.7 Å². The third kappa shape index (κ3) is 3.91. The number of anilines is 1.